The summed E-state index contributed by atoms with van der Waals surface area (Å²) in [6.45, 7) is 2.89. The molecule has 0 heterocycles. The molecule has 0 aromatic heterocycles. The molecule has 0 spiro atoms. The van der Waals surface area contributed by atoms with E-state index in [1.807, 2.05) is 6.07 Å². The molecular weight excluding hydrogens is 251 g/mol. The molecule has 2 fully saturated rings. The fraction of sp³-hybridized carbons (Fsp3) is 0.588. The first kappa shape index (κ1) is 13.6. The fourth-order valence-electron chi connectivity index (χ4n) is 4.15. The Labute approximate surface area is 120 Å². The monoisotopic (exact) mass is 272 g/mol. The van der Waals surface area contributed by atoms with Gasteiger partial charge in [-0.25, -0.2) is 4.39 Å². The van der Waals surface area contributed by atoms with Gasteiger partial charge >= 0.3 is 0 Å². The van der Waals surface area contributed by atoms with Crippen molar-refractivity contribution in [3.8, 4) is 6.07 Å². The van der Waals surface area contributed by atoms with Gasteiger partial charge in [-0.1, -0.05) is 6.42 Å². The Morgan fingerprint density at radius 2 is 2.20 bits per heavy atom. The molecule has 1 N–H and O–H groups in total. The quantitative estimate of drug-likeness (QED) is 0.908. The summed E-state index contributed by atoms with van der Waals surface area (Å²) in [4.78, 5) is 0. The fourth-order valence-corrected chi connectivity index (χ4v) is 4.15. The Bertz CT molecular complexity index is 534. The third-order valence-corrected chi connectivity index (χ3v) is 5.15. The molecule has 0 amide bonds. The van der Waals surface area contributed by atoms with Crippen molar-refractivity contribution in [1.82, 2.24) is 5.32 Å². The van der Waals surface area contributed by atoms with Crippen LogP contribution in [0.3, 0.4) is 0 Å². The number of halogens is 1. The molecule has 4 atom stereocenters. The highest BCUT2D eigenvalue weighted by Gasteiger charge is 2.41. The Hall–Kier alpha value is -1.40. The maximum absolute atomic E-state index is 13.4. The molecule has 2 aliphatic carbocycles. The standard InChI is InChI=1S/C17H21FN2/c1-11(17-8-12-2-3-15(17)5-12)20-10-14-4-13(9-19)6-16(18)7-14/h4,6-7,11-12,15,17,20H,2-3,5,8,10H2,1H3. The third kappa shape index (κ3) is 2.71. The number of hydrogen-bond donors (Lipinski definition) is 1. The van der Waals surface area contributed by atoms with Gasteiger partial charge in [0.25, 0.3) is 0 Å². The molecule has 3 rings (SSSR count). The smallest absolute Gasteiger partial charge is 0.124 e. The normalized spacial score (nSPS) is 29.4. The summed E-state index contributed by atoms with van der Waals surface area (Å²) in [6, 6.07) is 7.04. The number of hydrogen-bond acceptors (Lipinski definition) is 2. The SMILES string of the molecule is CC(NCc1cc(F)cc(C#N)c1)C1CC2CCC1C2. The van der Waals surface area contributed by atoms with Crippen molar-refractivity contribution in [2.45, 2.75) is 45.2 Å². The number of nitrogens with one attached hydrogen (secondary N) is 1. The van der Waals surface area contributed by atoms with Crippen LogP contribution in [-0.4, -0.2) is 6.04 Å². The van der Waals surface area contributed by atoms with E-state index in [1.165, 1.54) is 37.8 Å². The third-order valence-electron chi connectivity index (χ3n) is 5.15. The number of fused-ring (bicyclic) bond motifs is 2. The van der Waals surface area contributed by atoms with Crippen molar-refractivity contribution >= 4 is 0 Å². The van der Waals surface area contributed by atoms with Gasteiger partial charge in [-0.3, -0.25) is 0 Å². The second-order valence-corrected chi connectivity index (χ2v) is 6.47. The predicted octanol–water partition coefficient (Wildman–Crippen LogP) is 3.61. The number of rotatable bonds is 4. The molecule has 2 nitrogen and oxygen atoms in total. The van der Waals surface area contributed by atoms with E-state index in [9.17, 15) is 4.39 Å². The molecule has 106 valence electrons. The molecule has 0 radical (unpaired) electrons. The molecule has 2 bridgehead atoms. The van der Waals surface area contributed by atoms with Crippen LogP contribution in [0.2, 0.25) is 0 Å². The lowest BCUT2D eigenvalue weighted by atomic mass is 9.84. The molecule has 1 aromatic carbocycles. The number of nitrogens with zero attached hydrogens (tertiary/aromatic N) is 1. The van der Waals surface area contributed by atoms with Gasteiger partial charge in [-0.15, -0.1) is 0 Å². The van der Waals surface area contributed by atoms with Crippen LogP contribution in [0.1, 0.15) is 43.7 Å². The van der Waals surface area contributed by atoms with E-state index in [4.69, 9.17) is 5.26 Å². The van der Waals surface area contributed by atoms with E-state index in [0.29, 0.717) is 18.2 Å². The van der Waals surface area contributed by atoms with Crippen LogP contribution >= 0.6 is 0 Å². The van der Waals surface area contributed by atoms with Crippen LogP contribution in [0.5, 0.6) is 0 Å². The second-order valence-electron chi connectivity index (χ2n) is 6.47. The first-order valence-electron chi connectivity index (χ1n) is 7.58. The maximum Gasteiger partial charge on any atom is 0.124 e. The lowest BCUT2D eigenvalue weighted by Gasteiger charge is -2.28. The maximum atomic E-state index is 13.4. The zero-order valence-electron chi connectivity index (χ0n) is 11.9. The largest absolute Gasteiger partial charge is 0.310 e. The molecule has 4 unspecified atom stereocenters. The minimum Gasteiger partial charge on any atom is -0.310 e. The second kappa shape index (κ2) is 5.54. The van der Waals surface area contributed by atoms with Gasteiger partial charge in [-0.05, 0) is 67.7 Å². The average molecular weight is 272 g/mol. The van der Waals surface area contributed by atoms with Crippen LogP contribution in [0.25, 0.3) is 0 Å². The van der Waals surface area contributed by atoms with Crippen LogP contribution in [-0.2, 0) is 6.54 Å². The molecule has 0 aliphatic heterocycles. The highest BCUT2D eigenvalue weighted by molar-refractivity contribution is 5.33. The first-order chi connectivity index (χ1) is 9.65. The Morgan fingerprint density at radius 3 is 2.85 bits per heavy atom. The van der Waals surface area contributed by atoms with Crippen LogP contribution in [0, 0.1) is 34.9 Å². The van der Waals surface area contributed by atoms with Crippen LogP contribution in [0.15, 0.2) is 18.2 Å². The molecular formula is C17H21FN2. The molecule has 2 aliphatic rings. The van der Waals surface area contributed by atoms with Crippen molar-refractivity contribution in [2.75, 3.05) is 0 Å². The molecule has 0 saturated heterocycles. The van der Waals surface area contributed by atoms with Gasteiger partial charge in [0.2, 0.25) is 0 Å². The highest BCUT2D eigenvalue weighted by Crippen LogP contribution is 2.49. The molecule has 3 heteroatoms. The number of benzene rings is 1. The first-order valence-corrected chi connectivity index (χ1v) is 7.58. The predicted molar refractivity (Wildman–Crippen MR) is 76.4 cm³/mol. The van der Waals surface area contributed by atoms with Crippen molar-refractivity contribution < 1.29 is 4.39 Å². The highest BCUT2D eigenvalue weighted by atomic mass is 19.1. The summed E-state index contributed by atoms with van der Waals surface area (Å²) in [5, 5.41) is 12.4. The zero-order valence-corrected chi connectivity index (χ0v) is 11.9. The van der Waals surface area contributed by atoms with Gasteiger partial charge in [-0.2, -0.15) is 5.26 Å². The Balaban J connectivity index is 1.59. The van der Waals surface area contributed by atoms with E-state index in [0.717, 1.165) is 23.3 Å². The summed E-state index contributed by atoms with van der Waals surface area (Å²) < 4.78 is 13.4. The molecule has 20 heavy (non-hydrogen) atoms. The van der Waals surface area contributed by atoms with Crippen molar-refractivity contribution in [3.63, 3.8) is 0 Å². The number of nitriles is 1. The Morgan fingerprint density at radius 1 is 1.35 bits per heavy atom. The minimum atomic E-state index is -0.326. The van der Waals surface area contributed by atoms with Gasteiger partial charge in [0.05, 0.1) is 11.6 Å². The summed E-state index contributed by atoms with van der Waals surface area (Å²) in [5.41, 5.74) is 1.26. The summed E-state index contributed by atoms with van der Waals surface area (Å²) in [6.07, 6.45) is 5.57. The van der Waals surface area contributed by atoms with Crippen LogP contribution < -0.4 is 5.32 Å². The van der Waals surface area contributed by atoms with E-state index < -0.39 is 0 Å². The summed E-state index contributed by atoms with van der Waals surface area (Å²) >= 11 is 0. The minimum absolute atomic E-state index is 0.326. The summed E-state index contributed by atoms with van der Waals surface area (Å²) in [7, 11) is 0. The molecule has 2 saturated carbocycles. The van der Waals surface area contributed by atoms with Crippen LogP contribution in [0.4, 0.5) is 4.39 Å². The summed E-state index contributed by atoms with van der Waals surface area (Å²) in [5.74, 6) is 2.30. The van der Waals surface area contributed by atoms with Crippen molar-refractivity contribution in [1.29, 1.82) is 5.26 Å². The average Bonchev–Trinajstić information content (AvgIpc) is 3.06. The lowest BCUT2D eigenvalue weighted by Crippen LogP contribution is -2.35. The van der Waals surface area contributed by atoms with Crippen molar-refractivity contribution in [2.24, 2.45) is 17.8 Å². The zero-order chi connectivity index (χ0) is 14.1. The van der Waals surface area contributed by atoms with E-state index >= 15 is 0 Å². The Kier molecular flexibility index (Phi) is 3.76. The van der Waals surface area contributed by atoms with E-state index in [-0.39, 0.29) is 5.82 Å². The van der Waals surface area contributed by atoms with Gasteiger partial charge in [0.1, 0.15) is 5.82 Å². The van der Waals surface area contributed by atoms with Gasteiger partial charge in [0, 0.05) is 12.6 Å². The van der Waals surface area contributed by atoms with E-state index in [2.05, 4.69) is 12.2 Å². The van der Waals surface area contributed by atoms with E-state index in [1.54, 1.807) is 6.07 Å². The topological polar surface area (TPSA) is 35.8 Å². The lowest BCUT2D eigenvalue weighted by molar-refractivity contribution is 0.259. The molecule has 1 aromatic rings. The van der Waals surface area contributed by atoms with Gasteiger partial charge < -0.3 is 5.32 Å². The van der Waals surface area contributed by atoms with Gasteiger partial charge in [0.15, 0.2) is 0 Å². The van der Waals surface area contributed by atoms with Crippen molar-refractivity contribution in [3.05, 3.63) is 35.1 Å².